The van der Waals surface area contributed by atoms with E-state index in [1.165, 1.54) is 64.9 Å². The minimum atomic E-state index is -0.249. The zero-order chi connectivity index (χ0) is 16.5. The normalized spacial score (nSPS) is 12.3. The van der Waals surface area contributed by atoms with Crippen molar-refractivity contribution in [3.63, 3.8) is 0 Å². The molecule has 0 saturated heterocycles. The highest BCUT2D eigenvalue weighted by Gasteiger charge is 2.10. The molecule has 0 rings (SSSR count). The third kappa shape index (κ3) is 14.3. The fourth-order valence-corrected chi connectivity index (χ4v) is 2.45. The first kappa shape index (κ1) is 21.4. The van der Waals surface area contributed by atoms with Crippen molar-refractivity contribution in [2.45, 2.75) is 90.1 Å². The molecule has 0 radical (unpaired) electrons. The molecule has 0 aromatic heterocycles. The molecule has 0 aromatic carbocycles. The summed E-state index contributed by atoms with van der Waals surface area (Å²) >= 11 is 0. The van der Waals surface area contributed by atoms with Crippen LogP contribution in [-0.2, 0) is 14.3 Å². The van der Waals surface area contributed by atoms with Gasteiger partial charge in [0.05, 0.1) is 19.8 Å². The number of ether oxygens (including phenoxy) is 2. The van der Waals surface area contributed by atoms with E-state index in [2.05, 4.69) is 11.7 Å². The molecule has 0 saturated carbocycles. The van der Waals surface area contributed by atoms with Crippen LogP contribution in [0.3, 0.4) is 0 Å². The fraction of sp³-hybridized carbons (Fsp3) is 0.944. The molecule has 132 valence electrons. The van der Waals surface area contributed by atoms with Gasteiger partial charge in [-0.2, -0.15) is 0 Å². The average Bonchev–Trinajstić information content (AvgIpc) is 2.54. The highest BCUT2D eigenvalue weighted by molar-refractivity contribution is 5.69. The quantitative estimate of drug-likeness (QED) is 0.342. The predicted molar refractivity (Wildman–Crippen MR) is 89.9 cm³/mol. The van der Waals surface area contributed by atoms with Gasteiger partial charge < -0.3 is 14.6 Å². The number of unbranched alkanes of at least 4 members (excludes halogenated alkanes) is 9. The Kier molecular flexibility index (Phi) is 16.3. The summed E-state index contributed by atoms with van der Waals surface area (Å²) < 4.78 is 10.2. The Bertz CT molecular complexity index is 243. The molecular formula is C18H36O4. The van der Waals surface area contributed by atoms with Crippen LogP contribution in [0.25, 0.3) is 0 Å². The van der Waals surface area contributed by atoms with Crippen molar-refractivity contribution in [3.05, 3.63) is 0 Å². The van der Waals surface area contributed by atoms with Gasteiger partial charge in [-0.25, -0.2) is 0 Å². The molecule has 0 aliphatic heterocycles. The Balaban J connectivity index is 3.31. The summed E-state index contributed by atoms with van der Waals surface area (Å²) in [6.07, 6.45) is 13.6. The maximum atomic E-state index is 11.0. The lowest BCUT2D eigenvalue weighted by Crippen LogP contribution is -2.20. The molecule has 4 heteroatoms. The van der Waals surface area contributed by atoms with E-state index in [1.807, 2.05) is 0 Å². The number of rotatable bonds is 16. The molecular weight excluding hydrogens is 280 g/mol. The molecule has 1 unspecified atom stereocenters. The standard InChI is InChI=1S/C18H36O4/c1-3-4-5-6-7-8-9-10-11-12-15-22-17(16-19)13-14-18(20)21-2/h17,19H,3-16H2,1-2H3. The van der Waals surface area contributed by atoms with Gasteiger partial charge in [-0.1, -0.05) is 64.7 Å². The van der Waals surface area contributed by atoms with E-state index in [9.17, 15) is 9.90 Å². The molecule has 1 N–H and O–H groups in total. The first-order valence-electron chi connectivity index (χ1n) is 9.03. The van der Waals surface area contributed by atoms with Gasteiger partial charge in [0.2, 0.25) is 0 Å². The fourth-order valence-electron chi connectivity index (χ4n) is 2.45. The molecule has 0 aliphatic carbocycles. The number of carbonyl (C=O) groups excluding carboxylic acids is 1. The lowest BCUT2D eigenvalue weighted by atomic mass is 10.1. The molecule has 22 heavy (non-hydrogen) atoms. The van der Waals surface area contributed by atoms with Crippen LogP contribution in [0.15, 0.2) is 0 Å². The van der Waals surface area contributed by atoms with Crippen LogP contribution in [0.1, 0.15) is 84.0 Å². The second kappa shape index (κ2) is 16.8. The molecule has 0 amide bonds. The van der Waals surface area contributed by atoms with Gasteiger partial charge in [0.15, 0.2) is 0 Å². The van der Waals surface area contributed by atoms with Crippen LogP contribution in [-0.4, -0.2) is 37.5 Å². The topological polar surface area (TPSA) is 55.8 Å². The monoisotopic (exact) mass is 316 g/mol. The molecule has 4 nitrogen and oxygen atoms in total. The number of methoxy groups -OCH3 is 1. The van der Waals surface area contributed by atoms with Gasteiger partial charge in [0.25, 0.3) is 0 Å². The van der Waals surface area contributed by atoms with Gasteiger partial charge in [0.1, 0.15) is 0 Å². The van der Waals surface area contributed by atoms with E-state index >= 15 is 0 Å². The van der Waals surface area contributed by atoms with Gasteiger partial charge in [0, 0.05) is 13.0 Å². The van der Waals surface area contributed by atoms with E-state index < -0.39 is 0 Å². The molecule has 0 bridgehead atoms. The third-order valence-corrected chi connectivity index (χ3v) is 3.95. The van der Waals surface area contributed by atoms with Crippen molar-refractivity contribution < 1.29 is 19.4 Å². The van der Waals surface area contributed by atoms with Gasteiger partial charge in [-0.3, -0.25) is 4.79 Å². The highest BCUT2D eigenvalue weighted by Crippen LogP contribution is 2.11. The largest absolute Gasteiger partial charge is 0.469 e. The van der Waals surface area contributed by atoms with Crippen molar-refractivity contribution in [1.82, 2.24) is 0 Å². The predicted octanol–water partition coefficient (Wildman–Crippen LogP) is 4.24. The maximum Gasteiger partial charge on any atom is 0.305 e. The van der Waals surface area contributed by atoms with Gasteiger partial charge in [-0.05, 0) is 12.8 Å². The Morgan fingerprint density at radius 1 is 0.955 bits per heavy atom. The summed E-state index contributed by atoms with van der Waals surface area (Å²) in [4.78, 5) is 11.0. The first-order valence-corrected chi connectivity index (χ1v) is 9.03. The lowest BCUT2D eigenvalue weighted by molar-refractivity contribution is -0.141. The summed E-state index contributed by atoms with van der Waals surface area (Å²) in [7, 11) is 1.38. The minimum Gasteiger partial charge on any atom is -0.469 e. The van der Waals surface area contributed by atoms with Crippen molar-refractivity contribution in [3.8, 4) is 0 Å². The first-order chi connectivity index (χ1) is 10.7. The van der Waals surface area contributed by atoms with Crippen molar-refractivity contribution >= 4 is 5.97 Å². The Labute approximate surface area is 136 Å². The van der Waals surface area contributed by atoms with Crippen molar-refractivity contribution in [1.29, 1.82) is 0 Å². The Morgan fingerprint density at radius 2 is 1.50 bits per heavy atom. The second-order valence-electron chi connectivity index (χ2n) is 5.97. The maximum absolute atomic E-state index is 11.0. The SMILES string of the molecule is CCCCCCCCCCCCOC(CO)CCC(=O)OC. The molecule has 1 atom stereocenters. The van der Waals surface area contributed by atoms with Gasteiger partial charge >= 0.3 is 5.97 Å². The Hall–Kier alpha value is -0.610. The summed E-state index contributed by atoms with van der Waals surface area (Å²) in [6, 6.07) is 0. The number of hydrogen-bond donors (Lipinski definition) is 1. The molecule has 0 fully saturated rings. The van der Waals surface area contributed by atoms with Crippen LogP contribution < -0.4 is 0 Å². The van der Waals surface area contributed by atoms with E-state index in [0.717, 1.165) is 6.42 Å². The van der Waals surface area contributed by atoms with Crippen molar-refractivity contribution in [2.75, 3.05) is 20.3 Å². The third-order valence-electron chi connectivity index (χ3n) is 3.95. The summed E-state index contributed by atoms with van der Waals surface area (Å²) in [5.74, 6) is -0.249. The van der Waals surface area contributed by atoms with Crippen LogP contribution >= 0.6 is 0 Å². The summed E-state index contributed by atoms with van der Waals surface area (Å²) in [5.41, 5.74) is 0. The average molecular weight is 316 g/mol. The molecule has 0 spiro atoms. The van der Waals surface area contributed by atoms with Gasteiger partial charge in [-0.15, -0.1) is 0 Å². The summed E-state index contributed by atoms with van der Waals surface area (Å²) in [6.45, 7) is 2.89. The van der Waals surface area contributed by atoms with Crippen LogP contribution in [0.2, 0.25) is 0 Å². The van der Waals surface area contributed by atoms with E-state index in [0.29, 0.717) is 19.4 Å². The number of aliphatic hydroxyl groups excluding tert-OH is 1. The van der Waals surface area contributed by atoms with E-state index in [1.54, 1.807) is 0 Å². The number of hydrogen-bond acceptors (Lipinski definition) is 4. The van der Waals surface area contributed by atoms with Crippen LogP contribution in [0.4, 0.5) is 0 Å². The Morgan fingerprint density at radius 3 is 2.00 bits per heavy atom. The minimum absolute atomic E-state index is 0.0330. The van der Waals surface area contributed by atoms with Crippen LogP contribution in [0.5, 0.6) is 0 Å². The summed E-state index contributed by atoms with van der Waals surface area (Å²) in [5, 5.41) is 9.20. The number of aliphatic hydroxyl groups is 1. The van der Waals surface area contributed by atoms with Crippen LogP contribution in [0, 0.1) is 0 Å². The molecule has 0 heterocycles. The molecule has 0 aliphatic rings. The lowest BCUT2D eigenvalue weighted by Gasteiger charge is -2.14. The highest BCUT2D eigenvalue weighted by atomic mass is 16.5. The number of carbonyl (C=O) groups is 1. The second-order valence-corrected chi connectivity index (χ2v) is 5.97. The van der Waals surface area contributed by atoms with E-state index in [-0.39, 0.29) is 18.7 Å². The molecule has 0 aromatic rings. The zero-order valence-electron chi connectivity index (χ0n) is 14.6. The zero-order valence-corrected chi connectivity index (χ0v) is 14.6. The van der Waals surface area contributed by atoms with E-state index in [4.69, 9.17) is 4.74 Å². The number of esters is 1. The van der Waals surface area contributed by atoms with Crippen molar-refractivity contribution in [2.24, 2.45) is 0 Å². The smallest absolute Gasteiger partial charge is 0.305 e.